The van der Waals surface area contributed by atoms with E-state index in [0.717, 1.165) is 11.3 Å². The van der Waals surface area contributed by atoms with Gasteiger partial charge in [0.25, 0.3) is 5.91 Å². The lowest BCUT2D eigenvalue weighted by Gasteiger charge is -2.19. The summed E-state index contributed by atoms with van der Waals surface area (Å²) < 4.78 is 5.49. The topological polar surface area (TPSA) is 53.9 Å². The Hall–Kier alpha value is -2.82. The highest BCUT2D eigenvalue weighted by Gasteiger charge is 2.13. The first-order valence-corrected chi connectivity index (χ1v) is 8.58. The van der Waals surface area contributed by atoms with Crippen molar-refractivity contribution in [1.82, 2.24) is 5.43 Å². The molecule has 0 aliphatic carbocycles. The summed E-state index contributed by atoms with van der Waals surface area (Å²) in [7, 11) is 3.97. The zero-order chi connectivity index (χ0) is 19.2. The lowest BCUT2D eigenvalue weighted by molar-refractivity contribution is -0.123. The number of anilines is 1. The van der Waals surface area contributed by atoms with Gasteiger partial charge in [-0.3, -0.25) is 4.79 Å². The smallest absolute Gasteiger partial charge is 0.277 e. The second-order valence-corrected chi connectivity index (χ2v) is 7.34. The summed E-state index contributed by atoms with van der Waals surface area (Å²) in [5.74, 6) is 0.363. The van der Waals surface area contributed by atoms with Crippen molar-refractivity contribution in [2.45, 2.75) is 26.2 Å². The Labute approximate surface area is 155 Å². The van der Waals surface area contributed by atoms with Crippen LogP contribution in [0, 0.1) is 0 Å². The lowest BCUT2D eigenvalue weighted by Crippen LogP contribution is -2.24. The average Bonchev–Trinajstić information content (AvgIpc) is 2.60. The van der Waals surface area contributed by atoms with Gasteiger partial charge in [-0.05, 0) is 40.8 Å². The Morgan fingerprint density at radius 1 is 1.08 bits per heavy atom. The minimum atomic E-state index is -0.300. The molecule has 138 valence electrons. The largest absolute Gasteiger partial charge is 0.484 e. The first-order chi connectivity index (χ1) is 12.3. The van der Waals surface area contributed by atoms with Gasteiger partial charge in [0.2, 0.25) is 0 Å². The highest BCUT2D eigenvalue weighted by atomic mass is 16.5. The third-order valence-electron chi connectivity index (χ3n) is 3.90. The predicted octanol–water partition coefficient (Wildman–Crippen LogP) is 3.58. The van der Waals surface area contributed by atoms with Gasteiger partial charge in [0.05, 0.1) is 6.21 Å². The average molecular weight is 353 g/mol. The fourth-order valence-electron chi connectivity index (χ4n) is 2.27. The number of benzene rings is 2. The molecule has 1 amide bonds. The molecule has 0 aliphatic rings. The Morgan fingerprint density at radius 2 is 1.69 bits per heavy atom. The minimum absolute atomic E-state index is 0.0776. The number of nitrogens with zero attached hydrogens (tertiary/aromatic N) is 2. The van der Waals surface area contributed by atoms with E-state index in [1.165, 1.54) is 5.56 Å². The SMILES string of the molecule is CN(C)c1ccc(/C=N\NC(=O)COc2ccc(C(C)(C)C)cc2)cc1. The number of amides is 1. The molecule has 0 aromatic heterocycles. The van der Waals surface area contributed by atoms with E-state index in [2.05, 4.69) is 31.3 Å². The van der Waals surface area contributed by atoms with Crippen molar-refractivity contribution in [3.05, 3.63) is 59.7 Å². The van der Waals surface area contributed by atoms with Gasteiger partial charge in [0.1, 0.15) is 5.75 Å². The summed E-state index contributed by atoms with van der Waals surface area (Å²) in [5.41, 5.74) is 5.80. The van der Waals surface area contributed by atoms with E-state index in [1.54, 1.807) is 6.21 Å². The van der Waals surface area contributed by atoms with Crippen LogP contribution in [0.25, 0.3) is 0 Å². The van der Waals surface area contributed by atoms with Crippen LogP contribution < -0.4 is 15.1 Å². The highest BCUT2D eigenvalue weighted by molar-refractivity contribution is 5.83. The van der Waals surface area contributed by atoms with Gasteiger partial charge in [0, 0.05) is 19.8 Å². The number of ether oxygens (including phenoxy) is 1. The standard InChI is InChI=1S/C21H27N3O2/c1-21(2,3)17-8-12-19(13-9-17)26-15-20(25)23-22-14-16-6-10-18(11-7-16)24(4)5/h6-14H,15H2,1-5H3,(H,23,25)/b22-14-. The molecule has 1 N–H and O–H groups in total. The highest BCUT2D eigenvalue weighted by Crippen LogP contribution is 2.24. The molecule has 0 saturated heterocycles. The van der Waals surface area contributed by atoms with Crippen molar-refractivity contribution < 1.29 is 9.53 Å². The third-order valence-corrected chi connectivity index (χ3v) is 3.90. The fraction of sp³-hybridized carbons (Fsp3) is 0.333. The van der Waals surface area contributed by atoms with E-state index in [-0.39, 0.29) is 17.9 Å². The molecule has 2 aromatic rings. The van der Waals surface area contributed by atoms with Crippen LogP contribution in [0.2, 0.25) is 0 Å². The summed E-state index contributed by atoms with van der Waals surface area (Å²) in [6.07, 6.45) is 1.61. The number of hydrogen-bond acceptors (Lipinski definition) is 4. The zero-order valence-electron chi connectivity index (χ0n) is 16.1. The Morgan fingerprint density at radius 3 is 2.23 bits per heavy atom. The predicted molar refractivity (Wildman–Crippen MR) is 107 cm³/mol. The van der Waals surface area contributed by atoms with Gasteiger partial charge in [-0.15, -0.1) is 0 Å². The van der Waals surface area contributed by atoms with Crippen LogP contribution in [0.5, 0.6) is 5.75 Å². The first-order valence-electron chi connectivity index (χ1n) is 8.58. The zero-order valence-corrected chi connectivity index (χ0v) is 16.1. The van der Waals surface area contributed by atoms with Crippen LogP contribution in [-0.4, -0.2) is 32.8 Å². The molecular weight excluding hydrogens is 326 g/mol. The maximum Gasteiger partial charge on any atom is 0.277 e. The summed E-state index contributed by atoms with van der Waals surface area (Å²) in [6.45, 7) is 6.39. The maximum absolute atomic E-state index is 11.8. The quantitative estimate of drug-likeness (QED) is 0.638. The second-order valence-electron chi connectivity index (χ2n) is 7.34. The minimum Gasteiger partial charge on any atom is -0.484 e. The Kier molecular flexibility index (Phi) is 6.39. The molecule has 0 radical (unpaired) electrons. The molecular formula is C21H27N3O2. The van der Waals surface area contributed by atoms with Crippen molar-refractivity contribution in [3.63, 3.8) is 0 Å². The maximum atomic E-state index is 11.8. The molecule has 0 bridgehead atoms. The van der Waals surface area contributed by atoms with E-state index >= 15 is 0 Å². The van der Waals surface area contributed by atoms with Gasteiger partial charge >= 0.3 is 0 Å². The van der Waals surface area contributed by atoms with Gasteiger partial charge < -0.3 is 9.64 Å². The van der Waals surface area contributed by atoms with Crippen molar-refractivity contribution >= 4 is 17.8 Å². The molecule has 26 heavy (non-hydrogen) atoms. The number of carbonyl (C=O) groups is 1. The van der Waals surface area contributed by atoms with E-state index in [4.69, 9.17) is 4.74 Å². The van der Waals surface area contributed by atoms with Crippen molar-refractivity contribution in [2.24, 2.45) is 5.10 Å². The van der Waals surface area contributed by atoms with E-state index in [9.17, 15) is 4.79 Å². The van der Waals surface area contributed by atoms with Crippen LogP contribution >= 0.6 is 0 Å². The molecule has 2 aromatic carbocycles. The summed E-state index contributed by atoms with van der Waals surface area (Å²) in [6, 6.07) is 15.7. The van der Waals surface area contributed by atoms with Gasteiger partial charge in [-0.1, -0.05) is 45.0 Å². The number of hydrogen-bond donors (Lipinski definition) is 1. The van der Waals surface area contributed by atoms with Crippen LogP contribution in [0.3, 0.4) is 0 Å². The van der Waals surface area contributed by atoms with Crippen molar-refractivity contribution in [1.29, 1.82) is 0 Å². The first kappa shape index (κ1) is 19.5. The molecule has 0 saturated carbocycles. The molecule has 0 unspecified atom stereocenters. The molecule has 5 nitrogen and oxygen atoms in total. The number of carbonyl (C=O) groups excluding carboxylic acids is 1. The van der Waals surface area contributed by atoms with E-state index in [0.29, 0.717) is 5.75 Å². The molecule has 0 spiro atoms. The van der Waals surface area contributed by atoms with Crippen LogP contribution in [0.15, 0.2) is 53.6 Å². The Balaban J connectivity index is 1.79. The molecule has 0 atom stereocenters. The number of nitrogens with one attached hydrogen (secondary N) is 1. The van der Waals surface area contributed by atoms with E-state index < -0.39 is 0 Å². The Bertz CT molecular complexity index is 742. The van der Waals surface area contributed by atoms with Gasteiger partial charge in [0.15, 0.2) is 6.61 Å². The fourth-order valence-corrected chi connectivity index (χ4v) is 2.27. The summed E-state index contributed by atoms with van der Waals surface area (Å²) >= 11 is 0. The molecule has 0 fully saturated rings. The van der Waals surface area contributed by atoms with Crippen molar-refractivity contribution in [3.8, 4) is 5.75 Å². The number of rotatable bonds is 6. The normalized spacial score (nSPS) is 11.4. The monoisotopic (exact) mass is 353 g/mol. The molecule has 5 heteroatoms. The van der Waals surface area contributed by atoms with Gasteiger partial charge in [-0.25, -0.2) is 5.43 Å². The molecule has 0 aliphatic heterocycles. The van der Waals surface area contributed by atoms with Crippen LogP contribution in [0.1, 0.15) is 31.9 Å². The van der Waals surface area contributed by atoms with E-state index in [1.807, 2.05) is 67.5 Å². The second kappa shape index (κ2) is 8.52. The third kappa shape index (κ3) is 5.92. The van der Waals surface area contributed by atoms with Crippen LogP contribution in [-0.2, 0) is 10.2 Å². The van der Waals surface area contributed by atoms with Crippen molar-refractivity contribution in [2.75, 3.05) is 25.6 Å². The lowest BCUT2D eigenvalue weighted by atomic mass is 9.87. The van der Waals surface area contributed by atoms with Gasteiger partial charge in [-0.2, -0.15) is 5.10 Å². The van der Waals surface area contributed by atoms with Crippen LogP contribution in [0.4, 0.5) is 5.69 Å². The summed E-state index contributed by atoms with van der Waals surface area (Å²) in [4.78, 5) is 13.8. The molecule has 2 rings (SSSR count). The number of hydrazone groups is 1. The molecule has 0 heterocycles. The summed E-state index contributed by atoms with van der Waals surface area (Å²) in [5, 5.41) is 3.96.